The molecule has 1 aromatic heterocycles. The molecule has 6 heteroatoms. The second kappa shape index (κ2) is 6.56. The second-order valence-corrected chi connectivity index (χ2v) is 5.40. The van der Waals surface area contributed by atoms with E-state index in [4.69, 9.17) is 9.15 Å². The van der Waals surface area contributed by atoms with Gasteiger partial charge in [-0.05, 0) is 36.4 Å². The maximum absolute atomic E-state index is 12.2. The molecular weight excluding hydrogens is 296 g/mol. The quantitative estimate of drug-likeness (QED) is 0.916. The summed E-state index contributed by atoms with van der Waals surface area (Å²) in [6.07, 6.45) is 1.78. The molecule has 23 heavy (non-hydrogen) atoms. The van der Waals surface area contributed by atoms with Gasteiger partial charge in [-0.25, -0.2) is 0 Å². The van der Waals surface area contributed by atoms with Gasteiger partial charge in [0.05, 0.1) is 25.8 Å². The number of carbonyl (C=O) groups excluding carboxylic acids is 2. The molecule has 1 saturated heterocycles. The first-order valence-corrected chi connectivity index (χ1v) is 7.42. The van der Waals surface area contributed by atoms with Gasteiger partial charge in [-0.15, -0.1) is 0 Å². The van der Waals surface area contributed by atoms with Crippen LogP contribution in [0.2, 0.25) is 0 Å². The molecule has 0 aliphatic carbocycles. The van der Waals surface area contributed by atoms with Gasteiger partial charge in [0, 0.05) is 18.7 Å². The molecule has 0 bridgehead atoms. The highest BCUT2D eigenvalue weighted by Crippen LogP contribution is 2.26. The maximum Gasteiger partial charge on any atom is 0.227 e. The summed E-state index contributed by atoms with van der Waals surface area (Å²) in [5.41, 5.74) is 0.775. The van der Waals surface area contributed by atoms with Crippen LogP contribution in [0.5, 0.6) is 5.75 Å². The largest absolute Gasteiger partial charge is 0.497 e. The SMILES string of the molecule is COc1ccc(N2C[C@@H](C(=O)NCc3ccco3)CC2=O)cc1. The Balaban J connectivity index is 1.60. The number of rotatable bonds is 5. The summed E-state index contributed by atoms with van der Waals surface area (Å²) < 4.78 is 10.3. The van der Waals surface area contributed by atoms with Crippen LogP contribution in [0.3, 0.4) is 0 Å². The molecule has 1 atom stereocenters. The summed E-state index contributed by atoms with van der Waals surface area (Å²) in [5.74, 6) is 0.890. The number of anilines is 1. The van der Waals surface area contributed by atoms with Crippen molar-refractivity contribution in [1.82, 2.24) is 5.32 Å². The third-order valence-electron chi connectivity index (χ3n) is 3.90. The second-order valence-electron chi connectivity index (χ2n) is 5.40. The van der Waals surface area contributed by atoms with E-state index < -0.39 is 0 Å². The summed E-state index contributed by atoms with van der Waals surface area (Å²) >= 11 is 0. The molecular formula is C17H18N2O4. The van der Waals surface area contributed by atoms with Crippen molar-refractivity contribution in [3.05, 3.63) is 48.4 Å². The van der Waals surface area contributed by atoms with Gasteiger partial charge < -0.3 is 19.4 Å². The van der Waals surface area contributed by atoms with Crippen LogP contribution in [0.15, 0.2) is 47.1 Å². The van der Waals surface area contributed by atoms with Crippen molar-refractivity contribution in [1.29, 1.82) is 0 Å². The highest BCUT2D eigenvalue weighted by Gasteiger charge is 2.35. The number of ether oxygens (including phenoxy) is 1. The van der Waals surface area contributed by atoms with Gasteiger partial charge in [0.15, 0.2) is 0 Å². The first-order chi connectivity index (χ1) is 11.2. The average molecular weight is 314 g/mol. The van der Waals surface area contributed by atoms with Crippen molar-refractivity contribution in [3.63, 3.8) is 0 Å². The molecule has 6 nitrogen and oxygen atoms in total. The molecule has 1 aromatic carbocycles. The lowest BCUT2D eigenvalue weighted by Gasteiger charge is -2.17. The smallest absolute Gasteiger partial charge is 0.227 e. The lowest BCUT2D eigenvalue weighted by Crippen LogP contribution is -2.32. The van der Waals surface area contributed by atoms with Gasteiger partial charge in [-0.2, -0.15) is 0 Å². The van der Waals surface area contributed by atoms with Crippen LogP contribution in [-0.2, 0) is 16.1 Å². The van der Waals surface area contributed by atoms with Gasteiger partial charge >= 0.3 is 0 Å². The number of methoxy groups -OCH3 is 1. The van der Waals surface area contributed by atoms with Gasteiger partial charge in [0.1, 0.15) is 11.5 Å². The normalized spacial score (nSPS) is 17.3. The first kappa shape index (κ1) is 15.1. The minimum Gasteiger partial charge on any atom is -0.497 e. The highest BCUT2D eigenvalue weighted by molar-refractivity contribution is 6.00. The van der Waals surface area contributed by atoms with E-state index in [-0.39, 0.29) is 24.2 Å². The molecule has 1 aliphatic rings. The van der Waals surface area contributed by atoms with E-state index in [0.717, 1.165) is 11.4 Å². The number of hydrogen-bond acceptors (Lipinski definition) is 4. The van der Waals surface area contributed by atoms with Gasteiger partial charge in [0.25, 0.3) is 0 Å². The lowest BCUT2D eigenvalue weighted by molar-refractivity contribution is -0.126. The van der Waals surface area contributed by atoms with Crippen molar-refractivity contribution in [2.75, 3.05) is 18.6 Å². The number of amides is 2. The third-order valence-corrected chi connectivity index (χ3v) is 3.90. The van der Waals surface area contributed by atoms with E-state index in [9.17, 15) is 9.59 Å². The zero-order chi connectivity index (χ0) is 16.2. The Kier molecular flexibility index (Phi) is 4.32. The number of benzene rings is 1. The minimum absolute atomic E-state index is 0.0479. The van der Waals surface area contributed by atoms with Crippen molar-refractivity contribution < 1.29 is 18.7 Å². The zero-order valence-corrected chi connectivity index (χ0v) is 12.8. The molecule has 0 spiro atoms. The predicted octanol–water partition coefficient (Wildman–Crippen LogP) is 1.96. The zero-order valence-electron chi connectivity index (χ0n) is 12.8. The van der Waals surface area contributed by atoms with Gasteiger partial charge in [0.2, 0.25) is 11.8 Å². The number of furan rings is 1. The van der Waals surface area contributed by atoms with Crippen LogP contribution < -0.4 is 15.0 Å². The Bertz CT molecular complexity index is 679. The van der Waals surface area contributed by atoms with Crippen LogP contribution in [-0.4, -0.2) is 25.5 Å². The summed E-state index contributed by atoms with van der Waals surface area (Å²) in [4.78, 5) is 26.0. The summed E-state index contributed by atoms with van der Waals surface area (Å²) in [5, 5.41) is 2.81. The van der Waals surface area contributed by atoms with Crippen molar-refractivity contribution in [2.45, 2.75) is 13.0 Å². The van der Waals surface area contributed by atoms with E-state index in [1.165, 1.54) is 0 Å². The summed E-state index contributed by atoms with van der Waals surface area (Å²) in [6, 6.07) is 10.8. The fourth-order valence-electron chi connectivity index (χ4n) is 2.63. The first-order valence-electron chi connectivity index (χ1n) is 7.42. The third kappa shape index (κ3) is 3.36. The maximum atomic E-state index is 12.2. The highest BCUT2D eigenvalue weighted by atomic mass is 16.5. The summed E-state index contributed by atoms with van der Waals surface area (Å²) in [6.45, 7) is 0.716. The number of nitrogens with zero attached hydrogens (tertiary/aromatic N) is 1. The lowest BCUT2D eigenvalue weighted by atomic mass is 10.1. The van der Waals surface area contributed by atoms with Crippen LogP contribution in [0.4, 0.5) is 5.69 Å². The monoisotopic (exact) mass is 314 g/mol. The Morgan fingerprint density at radius 1 is 1.35 bits per heavy atom. The van der Waals surface area contributed by atoms with Crippen LogP contribution in [0.25, 0.3) is 0 Å². The Labute approximate surface area is 134 Å². The molecule has 0 unspecified atom stereocenters. The van der Waals surface area contributed by atoms with Crippen molar-refractivity contribution in [2.24, 2.45) is 5.92 Å². The van der Waals surface area contributed by atoms with Crippen molar-refractivity contribution >= 4 is 17.5 Å². The molecule has 2 amide bonds. The molecule has 3 rings (SSSR count). The Hall–Kier alpha value is -2.76. The van der Waals surface area contributed by atoms with Crippen molar-refractivity contribution in [3.8, 4) is 5.75 Å². The molecule has 1 N–H and O–H groups in total. The Morgan fingerprint density at radius 2 is 2.13 bits per heavy atom. The number of hydrogen-bond donors (Lipinski definition) is 1. The predicted molar refractivity (Wildman–Crippen MR) is 84.0 cm³/mol. The minimum atomic E-state index is -0.348. The average Bonchev–Trinajstić information content (AvgIpc) is 3.22. The van der Waals surface area contributed by atoms with Crippen LogP contribution >= 0.6 is 0 Å². The number of nitrogens with one attached hydrogen (secondary N) is 1. The molecule has 2 aromatic rings. The fraction of sp³-hybridized carbons (Fsp3) is 0.294. The van der Waals surface area contributed by atoms with E-state index in [1.54, 1.807) is 42.5 Å². The fourth-order valence-corrected chi connectivity index (χ4v) is 2.63. The molecule has 120 valence electrons. The topological polar surface area (TPSA) is 71.8 Å². The molecule has 2 heterocycles. The van der Waals surface area contributed by atoms with Crippen LogP contribution in [0.1, 0.15) is 12.2 Å². The molecule has 0 radical (unpaired) electrons. The number of carbonyl (C=O) groups is 2. The van der Waals surface area contributed by atoms with Crippen LogP contribution in [0, 0.1) is 5.92 Å². The van der Waals surface area contributed by atoms with E-state index in [1.807, 2.05) is 12.1 Å². The van der Waals surface area contributed by atoms with Gasteiger partial charge in [-0.1, -0.05) is 0 Å². The summed E-state index contributed by atoms with van der Waals surface area (Å²) in [7, 11) is 1.59. The molecule has 1 aliphatic heterocycles. The van der Waals surface area contributed by atoms with E-state index >= 15 is 0 Å². The molecule has 1 fully saturated rings. The standard InChI is InChI=1S/C17H18N2O4/c1-22-14-6-4-13(5-7-14)19-11-12(9-16(19)20)17(21)18-10-15-3-2-8-23-15/h2-8,12H,9-11H2,1H3,(H,18,21)/t12-/m0/s1. The molecule has 0 saturated carbocycles. The Morgan fingerprint density at radius 3 is 2.78 bits per heavy atom. The van der Waals surface area contributed by atoms with E-state index in [2.05, 4.69) is 5.32 Å². The van der Waals surface area contributed by atoms with Gasteiger partial charge in [-0.3, -0.25) is 9.59 Å². The van der Waals surface area contributed by atoms with E-state index in [0.29, 0.717) is 18.8 Å².